The molecule has 0 amide bonds. The van der Waals surface area contributed by atoms with Gasteiger partial charge in [0, 0.05) is 36.9 Å². The number of aromatic nitrogens is 2. The van der Waals surface area contributed by atoms with Crippen LogP contribution in [0.25, 0.3) is 0 Å². The monoisotopic (exact) mass is 278 g/mol. The van der Waals surface area contributed by atoms with Crippen LogP contribution in [0.4, 0.5) is 0 Å². The molecule has 19 heavy (non-hydrogen) atoms. The number of imidazole rings is 1. The fourth-order valence-electron chi connectivity index (χ4n) is 2.18. The van der Waals surface area contributed by atoms with E-state index in [9.17, 15) is 0 Å². The molecule has 102 valence electrons. The number of benzene rings is 1. The van der Waals surface area contributed by atoms with Crippen LogP contribution in [0.5, 0.6) is 0 Å². The van der Waals surface area contributed by atoms with Crippen molar-refractivity contribution in [1.29, 1.82) is 0 Å². The van der Waals surface area contributed by atoms with Crippen molar-refractivity contribution in [3.63, 3.8) is 0 Å². The Morgan fingerprint density at radius 2 is 2.26 bits per heavy atom. The molecular weight excluding hydrogens is 260 g/mol. The first kappa shape index (κ1) is 14.1. The van der Waals surface area contributed by atoms with Crippen LogP contribution in [-0.4, -0.2) is 9.55 Å². The maximum absolute atomic E-state index is 6.34. The van der Waals surface area contributed by atoms with Crippen LogP contribution in [0.2, 0.25) is 5.02 Å². The summed E-state index contributed by atoms with van der Waals surface area (Å²) in [4.78, 5) is 4.32. The molecule has 0 aliphatic rings. The van der Waals surface area contributed by atoms with E-state index in [1.54, 1.807) is 6.20 Å². The van der Waals surface area contributed by atoms with Gasteiger partial charge in [-0.3, -0.25) is 11.3 Å². The Morgan fingerprint density at radius 1 is 1.47 bits per heavy atom. The SMILES string of the molecule is Cc1cccc(C(CCc2nccn2C)NN)c1Cl. The average Bonchev–Trinajstić information content (AvgIpc) is 2.80. The van der Waals surface area contributed by atoms with Crippen molar-refractivity contribution in [3.8, 4) is 0 Å². The van der Waals surface area contributed by atoms with Gasteiger partial charge < -0.3 is 4.57 Å². The predicted octanol–water partition coefficient (Wildman–Crippen LogP) is 2.52. The summed E-state index contributed by atoms with van der Waals surface area (Å²) in [7, 11) is 1.99. The van der Waals surface area contributed by atoms with Crippen LogP contribution in [-0.2, 0) is 13.5 Å². The number of hydrazine groups is 1. The molecule has 0 bridgehead atoms. The topological polar surface area (TPSA) is 55.9 Å². The number of hydrogen-bond acceptors (Lipinski definition) is 3. The summed E-state index contributed by atoms with van der Waals surface area (Å²) in [5.74, 6) is 6.71. The first-order valence-electron chi connectivity index (χ1n) is 6.30. The summed E-state index contributed by atoms with van der Waals surface area (Å²) in [5, 5.41) is 0.783. The zero-order valence-corrected chi connectivity index (χ0v) is 12.0. The van der Waals surface area contributed by atoms with Crippen LogP contribution >= 0.6 is 11.6 Å². The molecule has 5 heteroatoms. The second-order valence-corrected chi connectivity index (χ2v) is 5.07. The molecule has 4 nitrogen and oxygen atoms in total. The van der Waals surface area contributed by atoms with Gasteiger partial charge in [0.05, 0.1) is 0 Å². The zero-order chi connectivity index (χ0) is 13.8. The van der Waals surface area contributed by atoms with Gasteiger partial charge >= 0.3 is 0 Å². The predicted molar refractivity (Wildman–Crippen MR) is 77.8 cm³/mol. The lowest BCUT2D eigenvalue weighted by atomic mass is 10.0. The smallest absolute Gasteiger partial charge is 0.108 e. The molecule has 1 heterocycles. The van der Waals surface area contributed by atoms with Crippen molar-refractivity contribution >= 4 is 11.6 Å². The lowest BCUT2D eigenvalue weighted by molar-refractivity contribution is 0.506. The van der Waals surface area contributed by atoms with Crippen molar-refractivity contribution in [1.82, 2.24) is 15.0 Å². The van der Waals surface area contributed by atoms with Crippen LogP contribution < -0.4 is 11.3 Å². The number of nitrogens with one attached hydrogen (secondary N) is 1. The van der Waals surface area contributed by atoms with E-state index >= 15 is 0 Å². The Bertz CT molecular complexity index is 550. The minimum atomic E-state index is 0.0316. The molecule has 1 aromatic carbocycles. The van der Waals surface area contributed by atoms with E-state index in [1.165, 1.54) is 0 Å². The molecule has 0 saturated carbocycles. The second-order valence-electron chi connectivity index (χ2n) is 4.69. The number of nitrogens with zero attached hydrogens (tertiary/aromatic N) is 2. The van der Waals surface area contributed by atoms with Gasteiger partial charge in [-0.15, -0.1) is 0 Å². The van der Waals surface area contributed by atoms with E-state index in [0.717, 1.165) is 34.8 Å². The maximum atomic E-state index is 6.34. The van der Waals surface area contributed by atoms with Gasteiger partial charge in [0.1, 0.15) is 5.82 Å². The molecule has 2 aromatic rings. The van der Waals surface area contributed by atoms with Crippen LogP contribution in [0.3, 0.4) is 0 Å². The Hall–Kier alpha value is -1.36. The largest absolute Gasteiger partial charge is 0.338 e. The zero-order valence-electron chi connectivity index (χ0n) is 11.2. The lowest BCUT2D eigenvalue weighted by Gasteiger charge is -2.18. The summed E-state index contributed by atoms with van der Waals surface area (Å²) in [5.41, 5.74) is 4.95. The van der Waals surface area contributed by atoms with Crippen LogP contribution in [0, 0.1) is 6.92 Å². The molecule has 1 unspecified atom stereocenters. The highest BCUT2D eigenvalue weighted by Crippen LogP contribution is 2.28. The van der Waals surface area contributed by atoms with Gasteiger partial charge in [0.25, 0.3) is 0 Å². The molecule has 0 spiro atoms. The third kappa shape index (κ3) is 3.15. The van der Waals surface area contributed by atoms with E-state index in [-0.39, 0.29) is 6.04 Å². The maximum Gasteiger partial charge on any atom is 0.108 e. The van der Waals surface area contributed by atoms with Crippen molar-refractivity contribution in [2.75, 3.05) is 0 Å². The third-order valence-electron chi connectivity index (χ3n) is 3.38. The van der Waals surface area contributed by atoms with E-state index in [1.807, 2.05) is 42.9 Å². The summed E-state index contributed by atoms with van der Waals surface area (Å²) in [6, 6.07) is 6.04. The Balaban J connectivity index is 2.12. The molecule has 0 radical (unpaired) electrons. The average molecular weight is 279 g/mol. The standard InChI is InChI=1S/C14H19ClN4/c1-10-4-3-5-11(14(10)15)12(18-16)6-7-13-17-8-9-19(13)2/h3-5,8-9,12,18H,6-7,16H2,1-2H3. The van der Waals surface area contributed by atoms with Gasteiger partial charge in [0.15, 0.2) is 0 Å². The highest BCUT2D eigenvalue weighted by Gasteiger charge is 2.15. The molecule has 3 N–H and O–H groups in total. The van der Waals surface area contributed by atoms with E-state index < -0.39 is 0 Å². The summed E-state index contributed by atoms with van der Waals surface area (Å²) >= 11 is 6.34. The van der Waals surface area contributed by atoms with Crippen molar-refractivity contribution in [2.45, 2.75) is 25.8 Å². The van der Waals surface area contributed by atoms with Gasteiger partial charge in [0.2, 0.25) is 0 Å². The number of nitrogens with two attached hydrogens (primary N) is 1. The number of hydrogen-bond donors (Lipinski definition) is 2. The summed E-state index contributed by atoms with van der Waals surface area (Å²) < 4.78 is 2.02. The van der Waals surface area contributed by atoms with E-state index in [2.05, 4.69) is 10.4 Å². The number of halogens is 1. The minimum Gasteiger partial charge on any atom is -0.338 e. The highest BCUT2D eigenvalue weighted by atomic mass is 35.5. The van der Waals surface area contributed by atoms with Crippen molar-refractivity contribution < 1.29 is 0 Å². The molecule has 0 fully saturated rings. The number of aryl methyl sites for hydroxylation is 3. The lowest BCUT2D eigenvalue weighted by Crippen LogP contribution is -2.29. The van der Waals surface area contributed by atoms with Gasteiger partial charge in [-0.25, -0.2) is 4.98 Å². The number of rotatable bonds is 5. The Morgan fingerprint density at radius 3 is 2.89 bits per heavy atom. The summed E-state index contributed by atoms with van der Waals surface area (Å²) in [6.45, 7) is 2.00. The molecule has 1 aromatic heterocycles. The highest BCUT2D eigenvalue weighted by molar-refractivity contribution is 6.32. The molecule has 2 rings (SSSR count). The fourth-order valence-corrected chi connectivity index (χ4v) is 2.44. The van der Waals surface area contributed by atoms with Gasteiger partial charge in [-0.1, -0.05) is 29.8 Å². The quantitative estimate of drug-likeness (QED) is 0.653. The van der Waals surface area contributed by atoms with Crippen molar-refractivity contribution in [2.24, 2.45) is 12.9 Å². The molecule has 0 aliphatic carbocycles. The molecular formula is C14H19ClN4. The van der Waals surface area contributed by atoms with E-state index in [0.29, 0.717) is 0 Å². The van der Waals surface area contributed by atoms with E-state index in [4.69, 9.17) is 17.4 Å². The first-order valence-corrected chi connectivity index (χ1v) is 6.68. The minimum absolute atomic E-state index is 0.0316. The second kappa shape index (κ2) is 6.19. The fraction of sp³-hybridized carbons (Fsp3) is 0.357. The molecule has 1 atom stereocenters. The van der Waals surface area contributed by atoms with Crippen LogP contribution in [0.15, 0.2) is 30.6 Å². The third-order valence-corrected chi connectivity index (χ3v) is 3.89. The Kier molecular flexibility index (Phi) is 4.58. The van der Waals surface area contributed by atoms with Crippen LogP contribution in [0.1, 0.15) is 29.4 Å². The van der Waals surface area contributed by atoms with Gasteiger partial charge in [-0.2, -0.15) is 0 Å². The molecule has 0 aliphatic heterocycles. The van der Waals surface area contributed by atoms with Crippen molar-refractivity contribution in [3.05, 3.63) is 52.6 Å². The summed E-state index contributed by atoms with van der Waals surface area (Å²) in [6.07, 6.45) is 5.45. The molecule has 0 saturated heterocycles. The Labute approximate surface area is 118 Å². The normalized spacial score (nSPS) is 12.6. The van der Waals surface area contributed by atoms with Gasteiger partial charge in [-0.05, 0) is 24.5 Å². The first-order chi connectivity index (χ1) is 9.13.